The Labute approximate surface area is 176 Å². The molecule has 6 heteroatoms. The lowest BCUT2D eigenvalue weighted by Crippen LogP contribution is -2.30. The van der Waals surface area contributed by atoms with Crippen molar-refractivity contribution < 1.29 is 9.53 Å². The molecule has 6 nitrogen and oxygen atoms in total. The smallest absolute Gasteiger partial charge is 0.338 e. The predicted octanol–water partition coefficient (Wildman–Crippen LogP) is 4.48. The second-order valence-electron chi connectivity index (χ2n) is 7.79. The molecule has 0 aliphatic carbocycles. The van der Waals surface area contributed by atoms with Gasteiger partial charge in [0.2, 0.25) is 5.95 Å². The number of hydrogen-bond acceptors (Lipinski definition) is 5. The van der Waals surface area contributed by atoms with Gasteiger partial charge >= 0.3 is 5.97 Å². The van der Waals surface area contributed by atoms with Gasteiger partial charge in [-0.3, -0.25) is 0 Å². The molecule has 1 atom stereocenters. The third-order valence-electron chi connectivity index (χ3n) is 5.40. The van der Waals surface area contributed by atoms with E-state index in [0.29, 0.717) is 30.5 Å². The molecule has 0 fully saturated rings. The van der Waals surface area contributed by atoms with Gasteiger partial charge in [0, 0.05) is 12.1 Å². The molecule has 4 rings (SSSR count). The molecule has 0 spiro atoms. The zero-order valence-electron chi connectivity index (χ0n) is 17.5. The van der Waals surface area contributed by atoms with Crippen molar-refractivity contribution in [1.82, 2.24) is 14.8 Å². The van der Waals surface area contributed by atoms with Crippen molar-refractivity contribution in [2.75, 3.05) is 11.9 Å². The minimum atomic E-state index is -0.380. The summed E-state index contributed by atoms with van der Waals surface area (Å²) in [6.07, 6.45) is 2.17. The highest BCUT2D eigenvalue weighted by Crippen LogP contribution is 2.35. The SMILES string of the molecule is CC1=C(C(=O)OCCc2ccccc2)[C@H](c2ccc(C(C)C)cc2)n2ncnc2N1. The molecule has 2 heterocycles. The first-order valence-corrected chi connectivity index (χ1v) is 10.2. The lowest BCUT2D eigenvalue weighted by Gasteiger charge is -2.28. The normalized spacial score (nSPS) is 15.7. The summed E-state index contributed by atoms with van der Waals surface area (Å²) < 4.78 is 7.40. The van der Waals surface area contributed by atoms with E-state index in [9.17, 15) is 4.79 Å². The molecule has 1 N–H and O–H groups in total. The summed E-state index contributed by atoms with van der Waals surface area (Å²) in [5, 5.41) is 7.54. The lowest BCUT2D eigenvalue weighted by molar-refractivity contribution is -0.139. The summed E-state index contributed by atoms with van der Waals surface area (Å²) in [4.78, 5) is 17.4. The zero-order chi connectivity index (χ0) is 21.1. The van der Waals surface area contributed by atoms with E-state index in [4.69, 9.17) is 4.74 Å². The van der Waals surface area contributed by atoms with E-state index in [-0.39, 0.29) is 12.0 Å². The third kappa shape index (κ3) is 3.99. The fraction of sp³-hybridized carbons (Fsp3) is 0.292. The van der Waals surface area contributed by atoms with E-state index in [0.717, 1.165) is 16.8 Å². The number of rotatable bonds is 6. The first-order valence-electron chi connectivity index (χ1n) is 10.2. The maximum absolute atomic E-state index is 13.1. The van der Waals surface area contributed by atoms with E-state index in [1.807, 2.05) is 37.3 Å². The molecule has 0 bridgehead atoms. The van der Waals surface area contributed by atoms with Crippen molar-refractivity contribution in [3.8, 4) is 0 Å². The van der Waals surface area contributed by atoms with Crippen LogP contribution in [0.15, 0.2) is 72.2 Å². The Kier molecular flexibility index (Phi) is 5.65. The maximum Gasteiger partial charge on any atom is 0.338 e. The van der Waals surface area contributed by atoms with Crippen LogP contribution < -0.4 is 5.32 Å². The van der Waals surface area contributed by atoms with Gasteiger partial charge in [-0.1, -0.05) is 68.4 Å². The van der Waals surface area contributed by atoms with Crippen molar-refractivity contribution in [2.45, 2.75) is 39.2 Å². The molecule has 1 aromatic heterocycles. The number of allylic oxidation sites excluding steroid dienone is 1. The molecule has 2 aromatic carbocycles. The first-order chi connectivity index (χ1) is 14.5. The maximum atomic E-state index is 13.1. The Morgan fingerprint density at radius 1 is 1.13 bits per heavy atom. The van der Waals surface area contributed by atoms with Gasteiger partial charge in [-0.15, -0.1) is 0 Å². The number of carbonyl (C=O) groups is 1. The quantitative estimate of drug-likeness (QED) is 0.616. The van der Waals surface area contributed by atoms with Gasteiger partial charge in [0.05, 0.1) is 12.2 Å². The summed E-state index contributed by atoms with van der Waals surface area (Å²) in [6.45, 7) is 6.52. The average molecular weight is 402 g/mol. The van der Waals surface area contributed by atoms with Crippen LogP contribution in [-0.2, 0) is 16.0 Å². The Balaban J connectivity index is 1.59. The molecular weight excluding hydrogens is 376 g/mol. The van der Waals surface area contributed by atoms with Crippen molar-refractivity contribution in [3.05, 3.63) is 88.9 Å². The summed E-state index contributed by atoms with van der Waals surface area (Å²) >= 11 is 0. The van der Waals surface area contributed by atoms with Crippen LogP contribution in [0.5, 0.6) is 0 Å². The largest absolute Gasteiger partial charge is 0.462 e. The minimum absolute atomic E-state index is 0.322. The number of fused-ring (bicyclic) bond motifs is 1. The minimum Gasteiger partial charge on any atom is -0.462 e. The fourth-order valence-corrected chi connectivity index (χ4v) is 3.71. The number of hydrogen-bond donors (Lipinski definition) is 1. The van der Waals surface area contributed by atoms with Crippen LogP contribution >= 0.6 is 0 Å². The molecular formula is C24H26N4O2. The lowest BCUT2D eigenvalue weighted by atomic mass is 9.93. The molecule has 3 aromatic rings. The molecule has 1 aliphatic rings. The van der Waals surface area contributed by atoms with Crippen LogP contribution in [0.3, 0.4) is 0 Å². The first kappa shape index (κ1) is 19.9. The molecule has 0 radical (unpaired) electrons. The van der Waals surface area contributed by atoms with Crippen molar-refractivity contribution in [3.63, 3.8) is 0 Å². The number of benzene rings is 2. The van der Waals surface area contributed by atoms with Crippen LogP contribution in [0.2, 0.25) is 0 Å². The number of aromatic nitrogens is 3. The number of esters is 1. The van der Waals surface area contributed by atoms with Crippen molar-refractivity contribution in [1.29, 1.82) is 0 Å². The monoisotopic (exact) mass is 402 g/mol. The number of nitrogens with zero attached hydrogens (tertiary/aromatic N) is 3. The third-order valence-corrected chi connectivity index (χ3v) is 5.40. The van der Waals surface area contributed by atoms with Gasteiger partial charge in [0.15, 0.2) is 0 Å². The predicted molar refractivity (Wildman–Crippen MR) is 116 cm³/mol. The van der Waals surface area contributed by atoms with E-state index in [2.05, 4.69) is 53.5 Å². The van der Waals surface area contributed by atoms with Crippen LogP contribution in [0.1, 0.15) is 49.4 Å². The Bertz CT molecular complexity index is 1050. The van der Waals surface area contributed by atoms with Crippen LogP contribution in [-0.4, -0.2) is 27.3 Å². The van der Waals surface area contributed by atoms with Gasteiger partial charge in [-0.05, 0) is 29.5 Å². The second kappa shape index (κ2) is 8.53. The average Bonchev–Trinajstić information content (AvgIpc) is 3.21. The number of carbonyl (C=O) groups excluding carboxylic acids is 1. The van der Waals surface area contributed by atoms with Gasteiger partial charge in [0.1, 0.15) is 12.4 Å². The summed E-state index contributed by atoms with van der Waals surface area (Å²) in [5.74, 6) is 0.718. The highest BCUT2D eigenvalue weighted by atomic mass is 16.5. The molecule has 30 heavy (non-hydrogen) atoms. The Morgan fingerprint density at radius 2 is 1.87 bits per heavy atom. The molecule has 0 saturated heterocycles. The van der Waals surface area contributed by atoms with Gasteiger partial charge in [-0.2, -0.15) is 10.1 Å². The van der Waals surface area contributed by atoms with Gasteiger partial charge in [0.25, 0.3) is 0 Å². The number of ether oxygens (including phenoxy) is 1. The summed E-state index contributed by atoms with van der Waals surface area (Å²) in [5.41, 5.74) is 4.65. The summed E-state index contributed by atoms with van der Waals surface area (Å²) in [7, 11) is 0. The number of nitrogens with one attached hydrogen (secondary N) is 1. The molecule has 0 amide bonds. The topological polar surface area (TPSA) is 69.0 Å². The molecule has 1 aliphatic heterocycles. The van der Waals surface area contributed by atoms with Crippen LogP contribution in [0.4, 0.5) is 5.95 Å². The van der Waals surface area contributed by atoms with Crippen LogP contribution in [0.25, 0.3) is 0 Å². The standard InChI is InChI=1S/C24H26N4O2/c1-16(2)19-9-11-20(12-10-19)22-21(17(3)27-24-25-15-26-28(22)24)23(29)30-14-13-18-7-5-4-6-8-18/h4-12,15-16,22H,13-14H2,1-3H3,(H,25,26,27)/t22-/m0/s1. The van der Waals surface area contributed by atoms with Crippen molar-refractivity contribution >= 4 is 11.9 Å². The van der Waals surface area contributed by atoms with E-state index in [1.54, 1.807) is 4.68 Å². The highest BCUT2D eigenvalue weighted by Gasteiger charge is 2.34. The zero-order valence-corrected chi connectivity index (χ0v) is 17.5. The Morgan fingerprint density at radius 3 is 2.57 bits per heavy atom. The highest BCUT2D eigenvalue weighted by molar-refractivity contribution is 5.92. The van der Waals surface area contributed by atoms with Crippen LogP contribution in [0, 0.1) is 0 Å². The fourth-order valence-electron chi connectivity index (χ4n) is 3.71. The van der Waals surface area contributed by atoms with Gasteiger partial charge < -0.3 is 10.1 Å². The number of anilines is 1. The Hall–Kier alpha value is -3.41. The molecule has 0 unspecified atom stereocenters. The van der Waals surface area contributed by atoms with Crippen molar-refractivity contribution in [2.24, 2.45) is 0 Å². The van der Waals surface area contributed by atoms with E-state index in [1.165, 1.54) is 11.9 Å². The van der Waals surface area contributed by atoms with Gasteiger partial charge in [-0.25, -0.2) is 9.48 Å². The molecule has 154 valence electrons. The van der Waals surface area contributed by atoms with E-state index >= 15 is 0 Å². The second-order valence-corrected chi connectivity index (χ2v) is 7.79. The molecule has 0 saturated carbocycles. The summed E-state index contributed by atoms with van der Waals surface area (Å²) in [6, 6.07) is 17.9. The van der Waals surface area contributed by atoms with E-state index < -0.39 is 0 Å².